The number of aryl methyl sites for hydroxylation is 1. The number of fused-ring (bicyclic) bond motifs is 2. The summed E-state index contributed by atoms with van der Waals surface area (Å²) in [5, 5.41) is 0. The maximum atomic E-state index is 5.82. The molecule has 0 amide bonds. The van der Waals surface area contributed by atoms with Crippen molar-refractivity contribution in [3.63, 3.8) is 0 Å². The summed E-state index contributed by atoms with van der Waals surface area (Å²) in [5.41, 5.74) is 6.86. The summed E-state index contributed by atoms with van der Waals surface area (Å²) >= 11 is 0. The van der Waals surface area contributed by atoms with Crippen molar-refractivity contribution >= 4 is 17.7 Å². The van der Waals surface area contributed by atoms with Gasteiger partial charge in [-0.3, -0.25) is 0 Å². The summed E-state index contributed by atoms with van der Waals surface area (Å²) in [7, 11) is 0. The molecule has 20 heavy (non-hydrogen) atoms. The second kappa shape index (κ2) is 5.80. The molecule has 2 aliphatic carbocycles. The predicted molar refractivity (Wildman–Crippen MR) is 86.5 cm³/mol. The third kappa shape index (κ3) is 2.51. The minimum atomic E-state index is 0.157. The monoisotopic (exact) mass is 266 g/mol. The van der Waals surface area contributed by atoms with E-state index in [9.17, 15) is 0 Å². The fraction of sp³-hybridized carbons (Fsp3) is 0.368. The normalized spacial score (nSPS) is 18.0. The van der Waals surface area contributed by atoms with Gasteiger partial charge in [-0.15, -0.1) is 0 Å². The van der Waals surface area contributed by atoms with E-state index in [0.29, 0.717) is 0 Å². The van der Waals surface area contributed by atoms with Crippen LogP contribution in [0.2, 0.25) is 0 Å². The number of benzene rings is 1. The summed E-state index contributed by atoms with van der Waals surface area (Å²) in [5.74, 6) is 0. The van der Waals surface area contributed by atoms with Gasteiger partial charge in [0.2, 0.25) is 0 Å². The zero-order valence-corrected chi connectivity index (χ0v) is 12.4. The molecular formula is C19H22O. The summed E-state index contributed by atoms with van der Waals surface area (Å²) < 4.78 is 5.82. The van der Waals surface area contributed by atoms with E-state index in [1.165, 1.54) is 27.8 Å². The smallest absolute Gasteiger partial charge is 0.0799 e. The average molecular weight is 266 g/mol. The van der Waals surface area contributed by atoms with Crippen molar-refractivity contribution in [1.82, 2.24) is 0 Å². The lowest BCUT2D eigenvalue weighted by molar-refractivity contribution is 0.116. The van der Waals surface area contributed by atoms with Crippen molar-refractivity contribution in [3.05, 3.63) is 52.6 Å². The quantitative estimate of drug-likeness (QED) is 0.758. The highest BCUT2D eigenvalue weighted by Gasteiger charge is 2.17. The number of allylic oxidation sites excluding steroid dienone is 3. The third-order valence-corrected chi connectivity index (χ3v) is 4.13. The SMILES string of the molecule is CCOC(C)C1=CCC=Cc2cc3c(cc21)C=CCC3. The van der Waals surface area contributed by atoms with Crippen LogP contribution < -0.4 is 0 Å². The Hall–Kier alpha value is -1.60. The predicted octanol–water partition coefficient (Wildman–Crippen LogP) is 4.87. The highest BCUT2D eigenvalue weighted by Crippen LogP contribution is 2.33. The lowest BCUT2D eigenvalue weighted by Gasteiger charge is -2.20. The molecule has 0 aliphatic heterocycles. The number of rotatable bonds is 3. The highest BCUT2D eigenvalue weighted by molar-refractivity contribution is 5.80. The molecule has 0 saturated carbocycles. The summed E-state index contributed by atoms with van der Waals surface area (Å²) in [6.45, 7) is 4.97. The highest BCUT2D eigenvalue weighted by atomic mass is 16.5. The molecule has 3 rings (SSSR count). The molecule has 2 aliphatic rings. The fourth-order valence-electron chi connectivity index (χ4n) is 3.11. The molecule has 0 heterocycles. The minimum Gasteiger partial charge on any atom is -0.374 e. The Morgan fingerprint density at radius 2 is 2.00 bits per heavy atom. The molecule has 0 saturated heterocycles. The topological polar surface area (TPSA) is 9.23 Å². The molecule has 1 nitrogen and oxygen atoms in total. The largest absolute Gasteiger partial charge is 0.374 e. The third-order valence-electron chi connectivity index (χ3n) is 4.13. The van der Waals surface area contributed by atoms with E-state index in [1.54, 1.807) is 0 Å². The zero-order chi connectivity index (χ0) is 13.9. The molecule has 1 heteroatoms. The van der Waals surface area contributed by atoms with E-state index in [2.05, 4.69) is 56.4 Å². The average Bonchev–Trinajstić information content (AvgIpc) is 2.67. The van der Waals surface area contributed by atoms with Gasteiger partial charge in [-0.05, 0) is 67.0 Å². The van der Waals surface area contributed by atoms with Crippen molar-refractivity contribution in [2.45, 2.75) is 39.2 Å². The van der Waals surface area contributed by atoms with E-state index in [1.807, 2.05) is 0 Å². The van der Waals surface area contributed by atoms with Crippen LogP contribution in [0.5, 0.6) is 0 Å². The van der Waals surface area contributed by atoms with Gasteiger partial charge in [0.15, 0.2) is 0 Å². The number of hydrogen-bond donors (Lipinski definition) is 0. The van der Waals surface area contributed by atoms with Gasteiger partial charge in [0, 0.05) is 6.61 Å². The molecule has 0 spiro atoms. The first-order chi connectivity index (χ1) is 9.79. The van der Waals surface area contributed by atoms with E-state index in [4.69, 9.17) is 4.74 Å². The van der Waals surface area contributed by atoms with Crippen molar-refractivity contribution in [1.29, 1.82) is 0 Å². The maximum Gasteiger partial charge on any atom is 0.0799 e. The second-order valence-corrected chi connectivity index (χ2v) is 5.47. The summed E-state index contributed by atoms with van der Waals surface area (Å²) in [6.07, 6.45) is 14.8. The minimum absolute atomic E-state index is 0.157. The van der Waals surface area contributed by atoms with Crippen molar-refractivity contribution in [2.75, 3.05) is 6.61 Å². The zero-order valence-electron chi connectivity index (χ0n) is 12.4. The molecule has 1 aromatic carbocycles. The van der Waals surface area contributed by atoms with Crippen LogP contribution in [0.15, 0.2) is 30.4 Å². The van der Waals surface area contributed by atoms with Gasteiger partial charge in [-0.25, -0.2) is 0 Å². The molecule has 0 aromatic heterocycles. The standard InChI is InChI=1S/C19H22O/c1-3-20-14(2)18-11-7-6-10-17-12-15-8-4-5-9-16(15)13-19(17)18/h5-6,9-14H,3-4,7-8H2,1-2H3. The van der Waals surface area contributed by atoms with Crippen molar-refractivity contribution in [3.8, 4) is 0 Å². The Morgan fingerprint density at radius 3 is 2.85 bits per heavy atom. The van der Waals surface area contributed by atoms with Gasteiger partial charge in [0.25, 0.3) is 0 Å². The lowest BCUT2D eigenvalue weighted by Crippen LogP contribution is -2.12. The molecule has 0 fully saturated rings. The molecule has 0 N–H and O–H groups in total. The van der Waals surface area contributed by atoms with Crippen LogP contribution in [0.4, 0.5) is 0 Å². The van der Waals surface area contributed by atoms with E-state index in [-0.39, 0.29) is 6.10 Å². The molecular weight excluding hydrogens is 244 g/mol. The first-order valence-electron chi connectivity index (χ1n) is 7.61. The van der Waals surface area contributed by atoms with Crippen LogP contribution in [0, 0.1) is 0 Å². The van der Waals surface area contributed by atoms with E-state index < -0.39 is 0 Å². The van der Waals surface area contributed by atoms with Gasteiger partial charge in [0.1, 0.15) is 0 Å². The Kier molecular flexibility index (Phi) is 3.88. The van der Waals surface area contributed by atoms with Crippen LogP contribution in [-0.4, -0.2) is 12.7 Å². The Balaban J connectivity index is 2.08. The van der Waals surface area contributed by atoms with Crippen molar-refractivity contribution < 1.29 is 4.74 Å². The molecule has 1 unspecified atom stereocenters. The Labute approximate surface area is 121 Å². The van der Waals surface area contributed by atoms with Crippen molar-refractivity contribution in [2.24, 2.45) is 0 Å². The van der Waals surface area contributed by atoms with Crippen LogP contribution in [0.1, 0.15) is 48.9 Å². The lowest BCUT2D eigenvalue weighted by atomic mass is 9.88. The van der Waals surface area contributed by atoms with Crippen LogP contribution >= 0.6 is 0 Å². The molecule has 0 radical (unpaired) electrons. The van der Waals surface area contributed by atoms with Gasteiger partial charge in [-0.1, -0.05) is 36.4 Å². The molecule has 1 atom stereocenters. The van der Waals surface area contributed by atoms with Crippen LogP contribution in [0.3, 0.4) is 0 Å². The van der Waals surface area contributed by atoms with Crippen LogP contribution in [0.25, 0.3) is 17.7 Å². The fourth-order valence-corrected chi connectivity index (χ4v) is 3.11. The molecule has 1 aromatic rings. The molecule has 104 valence electrons. The van der Waals surface area contributed by atoms with Crippen LogP contribution in [-0.2, 0) is 11.2 Å². The number of hydrogen-bond acceptors (Lipinski definition) is 1. The van der Waals surface area contributed by atoms with E-state index >= 15 is 0 Å². The Morgan fingerprint density at radius 1 is 1.15 bits per heavy atom. The summed E-state index contributed by atoms with van der Waals surface area (Å²) in [6, 6.07) is 4.71. The first-order valence-corrected chi connectivity index (χ1v) is 7.61. The maximum absolute atomic E-state index is 5.82. The van der Waals surface area contributed by atoms with Gasteiger partial charge in [-0.2, -0.15) is 0 Å². The molecule has 0 bridgehead atoms. The number of ether oxygens (including phenoxy) is 1. The Bertz CT molecular complexity index is 590. The summed E-state index contributed by atoms with van der Waals surface area (Å²) in [4.78, 5) is 0. The first kappa shape index (κ1) is 13.4. The van der Waals surface area contributed by atoms with E-state index in [0.717, 1.165) is 25.9 Å². The van der Waals surface area contributed by atoms with Gasteiger partial charge >= 0.3 is 0 Å². The van der Waals surface area contributed by atoms with Gasteiger partial charge < -0.3 is 4.74 Å². The second-order valence-electron chi connectivity index (χ2n) is 5.47. The van der Waals surface area contributed by atoms with Gasteiger partial charge in [0.05, 0.1) is 6.10 Å².